The zero-order chi connectivity index (χ0) is 12.2. The van der Waals surface area contributed by atoms with Crippen LogP contribution in [0.2, 0.25) is 0 Å². The molecule has 1 aromatic carbocycles. The summed E-state index contributed by atoms with van der Waals surface area (Å²) in [5.74, 6) is 0.927. The summed E-state index contributed by atoms with van der Waals surface area (Å²) < 4.78 is 0. The van der Waals surface area contributed by atoms with E-state index < -0.39 is 0 Å². The first kappa shape index (κ1) is 11.2. The van der Waals surface area contributed by atoms with Gasteiger partial charge in [0.25, 0.3) is 0 Å². The highest BCUT2D eigenvalue weighted by atomic mass is 32.2. The van der Waals surface area contributed by atoms with Crippen LogP contribution in [0.15, 0.2) is 60.0 Å². The largest absolute Gasteiger partial charge is 0.265 e. The van der Waals surface area contributed by atoms with E-state index in [4.69, 9.17) is 0 Å². The third kappa shape index (κ3) is 2.49. The Kier molecular flexibility index (Phi) is 3.19. The second-order valence-electron chi connectivity index (χ2n) is 3.85. The quantitative estimate of drug-likeness (QED) is 0.671. The van der Waals surface area contributed by atoms with Gasteiger partial charge in [-0.1, -0.05) is 6.07 Å². The summed E-state index contributed by atoms with van der Waals surface area (Å²) in [5.41, 5.74) is 3.14. The predicted octanol–water partition coefficient (Wildman–Crippen LogP) is 3.32. The Morgan fingerprint density at radius 2 is 1.61 bits per heavy atom. The summed E-state index contributed by atoms with van der Waals surface area (Å²) in [4.78, 5) is 13.8. The summed E-state index contributed by atoms with van der Waals surface area (Å²) in [7, 11) is 0. The van der Waals surface area contributed by atoms with Gasteiger partial charge in [0.05, 0.1) is 11.0 Å². The molecule has 0 unspecified atom stereocenters. The molecule has 0 spiro atoms. The smallest absolute Gasteiger partial charge is 0.0889 e. The number of hydrogen-bond donors (Lipinski definition) is 0. The molecule has 0 fully saturated rings. The van der Waals surface area contributed by atoms with Crippen molar-refractivity contribution >= 4 is 22.8 Å². The van der Waals surface area contributed by atoms with Crippen molar-refractivity contribution in [1.29, 1.82) is 0 Å². The van der Waals surface area contributed by atoms with Crippen molar-refractivity contribution in [3.05, 3.63) is 60.7 Å². The predicted molar refractivity (Wildman–Crippen MR) is 73.3 cm³/mol. The van der Waals surface area contributed by atoms with E-state index in [1.54, 1.807) is 24.2 Å². The first-order valence-corrected chi connectivity index (χ1v) is 6.63. The molecule has 3 nitrogen and oxygen atoms in total. The zero-order valence-electron chi connectivity index (χ0n) is 9.65. The molecular formula is C14H11N3S. The van der Waals surface area contributed by atoms with Crippen molar-refractivity contribution in [2.75, 3.05) is 0 Å². The van der Waals surface area contributed by atoms with Gasteiger partial charge in [0.1, 0.15) is 0 Å². The lowest BCUT2D eigenvalue weighted by molar-refractivity contribution is 1.25. The van der Waals surface area contributed by atoms with E-state index in [1.807, 2.05) is 30.6 Å². The molecule has 0 aliphatic heterocycles. The molecule has 0 radical (unpaired) electrons. The molecule has 0 amide bonds. The highest BCUT2D eigenvalue weighted by Gasteiger charge is 1.99. The van der Waals surface area contributed by atoms with Gasteiger partial charge in [0.2, 0.25) is 0 Å². The first-order valence-electron chi connectivity index (χ1n) is 5.64. The van der Waals surface area contributed by atoms with Crippen LogP contribution in [0.1, 0.15) is 5.56 Å². The van der Waals surface area contributed by atoms with Crippen LogP contribution < -0.4 is 0 Å². The van der Waals surface area contributed by atoms with Gasteiger partial charge in [0, 0.05) is 35.4 Å². The van der Waals surface area contributed by atoms with E-state index in [1.165, 1.54) is 10.5 Å². The molecule has 3 aromatic rings. The Labute approximate surface area is 109 Å². The highest BCUT2D eigenvalue weighted by Crippen LogP contribution is 2.23. The Morgan fingerprint density at radius 3 is 2.44 bits per heavy atom. The van der Waals surface area contributed by atoms with Gasteiger partial charge in [-0.15, -0.1) is 11.8 Å². The molecule has 3 rings (SSSR count). The van der Waals surface area contributed by atoms with Crippen molar-refractivity contribution in [2.24, 2.45) is 0 Å². The number of thioether (sulfide) groups is 1. The topological polar surface area (TPSA) is 38.7 Å². The summed E-state index contributed by atoms with van der Waals surface area (Å²) in [5, 5.41) is 0. The molecule has 4 heteroatoms. The number of fused-ring (bicyclic) bond motifs is 1. The van der Waals surface area contributed by atoms with E-state index in [0.717, 1.165) is 16.8 Å². The molecule has 0 N–H and O–H groups in total. The van der Waals surface area contributed by atoms with Gasteiger partial charge in [-0.2, -0.15) is 0 Å². The minimum atomic E-state index is 0.927. The standard InChI is InChI=1S/C14H11N3S/c1-2-13-14(17-8-7-16-13)9-11(1)10-18-12-3-5-15-6-4-12/h1-9H,10H2. The van der Waals surface area contributed by atoms with Crippen molar-refractivity contribution in [3.63, 3.8) is 0 Å². The molecule has 2 heterocycles. The Morgan fingerprint density at radius 1 is 0.833 bits per heavy atom. The van der Waals surface area contributed by atoms with Crippen molar-refractivity contribution in [2.45, 2.75) is 10.6 Å². The Hall–Kier alpha value is -1.94. The normalized spacial score (nSPS) is 10.7. The highest BCUT2D eigenvalue weighted by molar-refractivity contribution is 7.98. The van der Waals surface area contributed by atoms with Crippen LogP contribution in [0.25, 0.3) is 11.0 Å². The Bertz CT molecular complexity index is 655. The number of rotatable bonds is 3. The summed E-state index contributed by atoms with van der Waals surface area (Å²) in [6.07, 6.45) is 7.07. The van der Waals surface area contributed by atoms with E-state index in [2.05, 4.69) is 27.1 Å². The molecule has 0 aliphatic carbocycles. The molecule has 0 bridgehead atoms. The van der Waals surface area contributed by atoms with Gasteiger partial charge >= 0.3 is 0 Å². The molecule has 2 aromatic heterocycles. The van der Waals surface area contributed by atoms with Crippen LogP contribution in [0, 0.1) is 0 Å². The van der Waals surface area contributed by atoms with Gasteiger partial charge in [-0.25, -0.2) is 0 Å². The number of benzene rings is 1. The third-order valence-corrected chi connectivity index (χ3v) is 3.67. The average Bonchev–Trinajstić information content (AvgIpc) is 2.46. The van der Waals surface area contributed by atoms with Crippen molar-refractivity contribution < 1.29 is 0 Å². The first-order chi connectivity index (χ1) is 8.92. The zero-order valence-corrected chi connectivity index (χ0v) is 10.5. The number of aromatic nitrogens is 3. The van der Waals surface area contributed by atoms with Gasteiger partial charge in [-0.05, 0) is 29.8 Å². The number of pyridine rings is 1. The lowest BCUT2D eigenvalue weighted by atomic mass is 10.2. The molecule has 88 valence electrons. The van der Waals surface area contributed by atoms with Gasteiger partial charge in [-0.3, -0.25) is 15.0 Å². The fourth-order valence-corrected chi connectivity index (χ4v) is 2.53. The van der Waals surface area contributed by atoms with Gasteiger partial charge in [0.15, 0.2) is 0 Å². The summed E-state index contributed by atoms with van der Waals surface area (Å²) in [6.45, 7) is 0. The molecule has 0 saturated heterocycles. The molecule has 0 atom stereocenters. The van der Waals surface area contributed by atoms with Crippen LogP contribution in [0.4, 0.5) is 0 Å². The molecule has 0 aliphatic rings. The SMILES string of the molecule is c1cc(SCc2ccc3nccnc3c2)ccn1. The summed E-state index contributed by atoms with van der Waals surface area (Å²) >= 11 is 1.79. The van der Waals surface area contributed by atoms with Crippen molar-refractivity contribution in [1.82, 2.24) is 15.0 Å². The van der Waals surface area contributed by atoms with E-state index in [9.17, 15) is 0 Å². The van der Waals surface area contributed by atoms with E-state index >= 15 is 0 Å². The second kappa shape index (κ2) is 5.14. The van der Waals surface area contributed by atoms with Crippen LogP contribution in [-0.4, -0.2) is 15.0 Å². The lowest BCUT2D eigenvalue weighted by Gasteiger charge is -2.03. The van der Waals surface area contributed by atoms with Crippen LogP contribution >= 0.6 is 11.8 Å². The Balaban J connectivity index is 1.79. The minimum absolute atomic E-state index is 0.927. The number of hydrogen-bond acceptors (Lipinski definition) is 4. The van der Waals surface area contributed by atoms with E-state index in [-0.39, 0.29) is 0 Å². The van der Waals surface area contributed by atoms with E-state index in [0.29, 0.717) is 0 Å². The molecule has 18 heavy (non-hydrogen) atoms. The van der Waals surface area contributed by atoms with Crippen LogP contribution in [0.5, 0.6) is 0 Å². The fraction of sp³-hybridized carbons (Fsp3) is 0.0714. The summed E-state index contributed by atoms with van der Waals surface area (Å²) in [6, 6.07) is 10.3. The second-order valence-corrected chi connectivity index (χ2v) is 4.90. The molecule has 0 saturated carbocycles. The maximum absolute atomic E-state index is 4.32. The monoisotopic (exact) mass is 253 g/mol. The van der Waals surface area contributed by atoms with Crippen LogP contribution in [-0.2, 0) is 5.75 Å². The molecular weight excluding hydrogens is 242 g/mol. The maximum Gasteiger partial charge on any atom is 0.0889 e. The van der Waals surface area contributed by atoms with Crippen molar-refractivity contribution in [3.8, 4) is 0 Å². The lowest BCUT2D eigenvalue weighted by Crippen LogP contribution is -1.86. The number of nitrogens with zero attached hydrogens (tertiary/aromatic N) is 3. The average molecular weight is 253 g/mol. The maximum atomic E-state index is 4.32. The van der Waals surface area contributed by atoms with Gasteiger partial charge < -0.3 is 0 Å². The fourth-order valence-electron chi connectivity index (χ4n) is 1.70. The third-order valence-electron chi connectivity index (χ3n) is 2.59. The minimum Gasteiger partial charge on any atom is -0.265 e. The van der Waals surface area contributed by atoms with Crippen LogP contribution in [0.3, 0.4) is 0 Å².